The molecule has 0 spiro atoms. The van der Waals surface area contributed by atoms with Crippen LogP contribution in [-0.2, 0) is 24.0 Å². The average molecular weight is 469 g/mol. The summed E-state index contributed by atoms with van der Waals surface area (Å²) in [4.78, 5) is 58.9. The van der Waals surface area contributed by atoms with Gasteiger partial charge in [-0.2, -0.15) is 24.4 Å². The van der Waals surface area contributed by atoms with Gasteiger partial charge in [0.2, 0.25) is 17.7 Å². The molecule has 0 bridgehead atoms. The van der Waals surface area contributed by atoms with E-state index in [1.807, 2.05) is 0 Å². The minimum atomic E-state index is -1.32. The van der Waals surface area contributed by atoms with E-state index in [4.69, 9.17) is 21.1 Å². The zero-order valence-electron chi connectivity index (χ0n) is 16.4. The number of carboxylic acids is 2. The van der Waals surface area contributed by atoms with E-state index >= 15 is 0 Å². The molecule has 8 N–H and O–H groups in total. The van der Waals surface area contributed by atoms with Gasteiger partial charge in [-0.3, -0.25) is 19.2 Å². The second-order valence-corrected chi connectivity index (χ2v) is 7.56. The van der Waals surface area contributed by atoms with Crippen LogP contribution in [0.15, 0.2) is 0 Å². The third-order valence-electron chi connectivity index (χ3n) is 3.85. The molecule has 172 valence electrons. The third kappa shape index (κ3) is 10.7. The first kappa shape index (κ1) is 28.0. The fraction of sp³-hybridized carbons (Fsp3) is 0.688. The van der Waals surface area contributed by atoms with Crippen LogP contribution in [0.1, 0.15) is 19.3 Å². The van der Waals surface area contributed by atoms with E-state index in [0.29, 0.717) is 5.75 Å². The predicted octanol–water partition coefficient (Wildman–Crippen LogP) is -2.61. The van der Waals surface area contributed by atoms with Crippen LogP contribution < -0.4 is 21.7 Å². The molecule has 0 aromatic carbocycles. The van der Waals surface area contributed by atoms with Gasteiger partial charge in [-0.25, -0.2) is 4.79 Å². The second-order valence-electron chi connectivity index (χ2n) is 6.21. The number of thiol groups is 1. The summed E-state index contributed by atoms with van der Waals surface area (Å²) in [6.45, 7) is -0.682. The summed E-state index contributed by atoms with van der Waals surface area (Å²) >= 11 is 5.25. The number of nitrogens with two attached hydrogens (primary N) is 1. The minimum absolute atomic E-state index is 0.160. The van der Waals surface area contributed by atoms with Gasteiger partial charge in [-0.1, -0.05) is 0 Å². The minimum Gasteiger partial charge on any atom is -0.481 e. The van der Waals surface area contributed by atoms with Gasteiger partial charge in [0.1, 0.15) is 24.2 Å². The zero-order valence-corrected chi connectivity index (χ0v) is 18.1. The Kier molecular flexibility index (Phi) is 13.9. The van der Waals surface area contributed by atoms with Gasteiger partial charge in [0.25, 0.3) is 0 Å². The lowest BCUT2D eigenvalue weighted by Crippen LogP contribution is -2.57. The first-order chi connectivity index (χ1) is 14.1. The molecule has 4 atom stereocenters. The molecule has 0 aromatic rings. The number of aliphatic hydroxyl groups excluding tert-OH is 1. The van der Waals surface area contributed by atoms with Crippen LogP contribution in [0, 0.1) is 0 Å². The van der Waals surface area contributed by atoms with E-state index in [-0.39, 0.29) is 18.6 Å². The number of carbonyl (C=O) groups is 5. The maximum absolute atomic E-state index is 12.6. The summed E-state index contributed by atoms with van der Waals surface area (Å²) in [6.07, 6.45) is 1.20. The molecule has 0 radical (unpaired) electrons. The van der Waals surface area contributed by atoms with Gasteiger partial charge in [0.05, 0.1) is 6.61 Å². The molecule has 0 saturated carbocycles. The summed E-state index contributed by atoms with van der Waals surface area (Å²) < 4.78 is 0. The number of amides is 3. The smallest absolute Gasteiger partial charge is 0.327 e. The van der Waals surface area contributed by atoms with Crippen LogP contribution >= 0.6 is 24.4 Å². The lowest BCUT2D eigenvalue weighted by Gasteiger charge is -2.24. The molecule has 0 aliphatic heterocycles. The number of thioether (sulfide) groups is 1. The Morgan fingerprint density at radius 1 is 0.933 bits per heavy atom. The number of hydrogen-bond acceptors (Lipinski definition) is 9. The van der Waals surface area contributed by atoms with Crippen molar-refractivity contribution in [1.29, 1.82) is 0 Å². The van der Waals surface area contributed by atoms with E-state index in [0.717, 1.165) is 0 Å². The van der Waals surface area contributed by atoms with Crippen molar-refractivity contribution in [1.82, 2.24) is 16.0 Å². The van der Waals surface area contributed by atoms with Gasteiger partial charge in [0.15, 0.2) is 0 Å². The van der Waals surface area contributed by atoms with Crippen LogP contribution in [0.5, 0.6) is 0 Å². The van der Waals surface area contributed by atoms with Gasteiger partial charge in [0, 0.05) is 12.2 Å². The summed E-state index contributed by atoms with van der Waals surface area (Å²) in [7, 11) is 0. The van der Waals surface area contributed by atoms with Crippen LogP contribution in [0.3, 0.4) is 0 Å². The Hall–Kier alpha value is -2.03. The van der Waals surface area contributed by atoms with Crippen molar-refractivity contribution in [2.75, 3.05) is 24.4 Å². The Bertz CT molecular complexity index is 622. The summed E-state index contributed by atoms with van der Waals surface area (Å²) in [5.41, 5.74) is 5.39. The summed E-state index contributed by atoms with van der Waals surface area (Å²) in [5, 5.41) is 33.8. The van der Waals surface area contributed by atoms with Gasteiger partial charge in [-0.15, -0.1) is 0 Å². The molecular weight excluding hydrogens is 440 g/mol. The Morgan fingerprint density at radius 3 is 1.87 bits per heavy atom. The monoisotopic (exact) mass is 468 g/mol. The Morgan fingerprint density at radius 2 is 1.43 bits per heavy atom. The highest BCUT2D eigenvalue weighted by Crippen LogP contribution is 2.05. The number of aliphatic carboxylic acids is 2. The van der Waals surface area contributed by atoms with Crippen LogP contribution in [-0.4, -0.2) is 93.5 Å². The van der Waals surface area contributed by atoms with E-state index in [1.165, 1.54) is 11.8 Å². The summed E-state index contributed by atoms with van der Waals surface area (Å²) in [5.74, 6) is -4.67. The predicted molar refractivity (Wildman–Crippen MR) is 112 cm³/mol. The van der Waals surface area contributed by atoms with Gasteiger partial charge < -0.3 is 37.0 Å². The molecule has 4 unspecified atom stereocenters. The van der Waals surface area contributed by atoms with E-state index in [9.17, 15) is 24.0 Å². The van der Waals surface area contributed by atoms with E-state index in [2.05, 4.69) is 28.6 Å². The SMILES string of the molecule is CSCCC(NC(=O)C(CCC(=O)O)NC(=O)C(N)CO)C(=O)NC(CS)C(=O)O. The van der Waals surface area contributed by atoms with Crippen molar-refractivity contribution in [3.63, 3.8) is 0 Å². The fourth-order valence-corrected chi connectivity index (χ4v) is 2.85. The normalized spacial score (nSPS) is 14.7. The molecule has 0 heterocycles. The molecule has 0 rings (SSSR count). The van der Waals surface area contributed by atoms with Crippen molar-refractivity contribution < 1.29 is 39.3 Å². The average Bonchev–Trinajstić information content (AvgIpc) is 2.70. The number of carboxylic acid groups (broad SMARTS) is 2. The molecule has 30 heavy (non-hydrogen) atoms. The zero-order chi connectivity index (χ0) is 23.3. The first-order valence-corrected chi connectivity index (χ1v) is 10.9. The maximum atomic E-state index is 12.6. The van der Waals surface area contributed by atoms with E-state index < -0.39 is 66.9 Å². The Balaban J connectivity index is 5.36. The first-order valence-electron chi connectivity index (χ1n) is 8.89. The lowest BCUT2D eigenvalue weighted by atomic mass is 10.1. The van der Waals surface area contributed by atoms with Gasteiger partial charge >= 0.3 is 11.9 Å². The highest BCUT2D eigenvalue weighted by atomic mass is 32.2. The lowest BCUT2D eigenvalue weighted by molar-refractivity contribution is -0.141. The maximum Gasteiger partial charge on any atom is 0.327 e. The van der Waals surface area contributed by atoms with Crippen LogP contribution in [0.25, 0.3) is 0 Å². The van der Waals surface area contributed by atoms with E-state index in [1.54, 1.807) is 6.26 Å². The molecule has 0 saturated heterocycles. The second kappa shape index (κ2) is 14.9. The van der Waals surface area contributed by atoms with Crippen LogP contribution in [0.2, 0.25) is 0 Å². The highest BCUT2D eigenvalue weighted by molar-refractivity contribution is 7.98. The third-order valence-corrected chi connectivity index (χ3v) is 4.86. The molecular formula is C16H28N4O8S2. The largest absolute Gasteiger partial charge is 0.481 e. The van der Waals surface area contributed by atoms with Crippen molar-refractivity contribution >= 4 is 54.1 Å². The topological polar surface area (TPSA) is 208 Å². The molecule has 12 nitrogen and oxygen atoms in total. The standard InChI is InChI=1S/C16H28N4O8S2/c1-30-5-4-10(15(26)20-11(7-29)16(27)28)19-14(25)9(2-3-12(22)23)18-13(24)8(17)6-21/h8-11,21,29H,2-7,17H2,1H3,(H,18,24)(H,19,25)(H,20,26)(H,22,23)(H,27,28). The quantitative estimate of drug-likeness (QED) is 0.117. The highest BCUT2D eigenvalue weighted by Gasteiger charge is 2.30. The molecule has 14 heteroatoms. The van der Waals surface area contributed by atoms with Crippen LogP contribution in [0.4, 0.5) is 0 Å². The van der Waals surface area contributed by atoms with Crippen molar-refractivity contribution in [3.8, 4) is 0 Å². The molecule has 0 aliphatic rings. The number of rotatable bonds is 15. The Labute approximate surface area is 183 Å². The van der Waals surface area contributed by atoms with Crippen molar-refractivity contribution in [3.05, 3.63) is 0 Å². The number of nitrogens with one attached hydrogen (secondary N) is 3. The van der Waals surface area contributed by atoms with Crippen molar-refractivity contribution in [2.24, 2.45) is 5.73 Å². The summed E-state index contributed by atoms with van der Waals surface area (Å²) in [6, 6.07) is -5.02. The van der Waals surface area contributed by atoms with Crippen molar-refractivity contribution in [2.45, 2.75) is 43.4 Å². The number of hydrogen-bond donors (Lipinski definition) is 8. The number of carbonyl (C=O) groups excluding carboxylic acids is 3. The molecule has 0 fully saturated rings. The van der Waals surface area contributed by atoms with Gasteiger partial charge in [-0.05, 0) is 24.9 Å². The fourth-order valence-electron chi connectivity index (χ4n) is 2.13. The molecule has 0 aromatic heterocycles. The molecule has 0 aliphatic carbocycles. The number of aliphatic hydroxyl groups is 1. The molecule has 3 amide bonds.